The lowest BCUT2D eigenvalue weighted by Gasteiger charge is -2.07. The first-order chi connectivity index (χ1) is 11.0. The van der Waals surface area contributed by atoms with E-state index in [2.05, 4.69) is 15.3 Å². The van der Waals surface area contributed by atoms with Gasteiger partial charge in [0.05, 0.1) is 4.88 Å². The minimum Gasteiger partial charge on any atom is -0.346 e. The first kappa shape index (κ1) is 15.6. The molecule has 0 unspecified atom stereocenters. The van der Waals surface area contributed by atoms with E-state index >= 15 is 0 Å². The first-order valence-electron chi connectivity index (χ1n) is 7.01. The van der Waals surface area contributed by atoms with Crippen molar-refractivity contribution in [2.24, 2.45) is 0 Å². The van der Waals surface area contributed by atoms with Gasteiger partial charge in [-0.1, -0.05) is 6.07 Å². The fraction of sp³-hybridized carbons (Fsp3) is 0.188. The van der Waals surface area contributed by atoms with Gasteiger partial charge in [-0.25, -0.2) is 4.98 Å². The summed E-state index contributed by atoms with van der Waals surface area (Å²) in [5, 5.41) is 7.30. The number of carbonyl (C=O) groups is 1. The van der Waals surface area contributed by atoms with Gasteiger partial charge in [0.15, 0.2) is 0 Å². The minimum absolute atomic E-state index is 0.166. The maximum atomic E-state index is 12.2. The van der Waals surface area contributed by atoms with Gasteiger partial charge in [-0.05, 0) is 36.9 Å². The number of aryl methyl sites for hydroxylation is 2. The van der Waals surface area contributed by atoms with E-state index in [0.29, 0.717) is 11.3 Å². The molecule has 0 spiro atoms. The number of nitrogens with zero attached hydrogens (tertiary/aromatic N) is 1. The molecule has 3 heterocycles. The highest BCUT2D eigenvalue weighted by atomic mass is 32.1. The molecule has 0 aliphatic heterocycles. The second-order valence-electron chi connectivity index (χ2n) is 5.14. The van der Waals surface area contributed by atoms with Crippen LogP contribution >= 0.6 is 22.7 Å². The van der Waals surface area contributed by atoms with Gasteiger partial charge in [0.25, 0.3) is 11.5 Å². The van der Waals surface area contributed by atoms with E-state index in [1.54, 1.807) is 16.7 Å². The van der Waals surface area contributed by atoms with Crippen molar-refractivity contribution >= 4 is 28.6 Å². The number of aromatic amines is 1. The quantitative estimate of drug-likeness (QED) is 0.763. The molecule has 3 aromatic rings. The van der Waals surface area contributed by atoms with Crippen molar-refractivity contribution in [1.29, 1.82) is 0 Å². The van der Waals surface area contributed by atoms with E-state index in [1.165, 1.54) is 11.3 Å². The number of amides is 1. The number of thiophene rings is 1. The summed E-state index contributed by atoms with van der Waals surface area (Å²) in [4.78, 5) is 32.3. The number of aromatic nitrogens is 2. The molecular formula is C16H15N3O2S2. The number of hydrogen-bond acceptors (Lipinski definition) is 5. The summed E-state index contributed by atoms with van der Waals surface area (Å²) in [6.07, 6.45) is 0. The van der Waals surface area contributed by atoms with E-state index in [1.807, 2.05) is 37.4 Å². The molecule has 0 radical (unpaired) electrons. The van der Waals surface area contributed by atoms with Crippen LogP contribution in [0.1, 0.15) is 27.3 Å². The minimum atomic E-state index is -0.275. The van der Waals surface area contributed by atoms with Crippen LogP contribution in [-0.2, 0) is 6.54 Å². The molecule has 0 aliphatic rings. The molecule has 2 N–H and O–H groups in total. The van der Waals surface area contributed by atoms with Crippen LogP contribution in [0.5, 0.6) is 0 Å². The number of rotatable bonds is 4. The molecule has 23 heavy (non-hydrogen) atoms. The van der Waals surface area contributed by atoms with Gasteiger partial charge in [0.2, 0.25) is 0 Å². The summed E-state index contributed by atoms with van der Waals surface area (Å²) in [6, 6.07) is 5.81. The summed E-state index contributed by atoms with van der Waals surface area (Å²) in [5.74, 6) is -0.275. The number of H-pyrrole nitrogens is 1. The Labute approximate surface area is 141 Å². The molecule has 0 atom stereocenters. The van der Waals surface area contributed by atoms with Crippen molar-refractivity contribution < 1.29 is 4.79 Å². The van der Waals surface area contributed by atoms with Gasteiger partial charge >= 0.3 is 0 Å². The second kappa shape index (κ2) is 6.47. The molecule has 0 aromatic carbocycles. The topological polar surface area (TPSA) is 74.8 Å². The molecular weight excluding hydrogens is 330 g/mol. The van der Waals surface area contributed by atoms with E-state index in [-0.39, 0.29) is 18.0 Å². The molecule has 5 nitrogen and oxygen atoms in total. The third-order valence-corrected chi connectivity index (χ3v) is 5.27. The standard InChI is InChI=1S/C16H15N3O2S2/c1-9-6-10(2)18-14(20)11(9)7-17-15(21)12-8-23-16(19-12)13-4-3-5-22-13/h3-6,8H,7H2,1-2H3,(H,17,21)(H,18,20). The Bertz CT molecular complexity index is 894. The number of nitrogens with one attached hydrogen (secondary N) is 2. The molecule has 3 aromatic heterocycles. The van der Waals surface area contributed by atoms with Crippen molar-refractivity contribution in [3.8, 4) is 9.88 Å². The smallest absolute Gasteiger partial charge is 0.271 e. The lowest BCUT2D eigenvalue weighted by atomic mass is 10.1. The number of pyridine rings is 1. The van der Waals surface area contributed by atoms with Gasteiger partial charge < -0.3 is 10.3 Å². The first-order valence-corrected chi connectivity index (χ1v) is 8.77. The van der Waals surface area contributed by atoms with E-state index in [9.17, 15) is 9.59 Å². The van der Waals surface area contributed by atoms with Crippen LogP contribution in [0.2, 0.25) is 0 Å². The highest BCUT2D eigenvalue weighted by Crippen LogP contribution is 2.27. The van der Waals surface area contributed by atoms with Gasteiger partial charge in [0, 0.05) is 23.2 Å². The monoisotopic (exact) mass is 345 g/mol. The Balaban J connectivity index is 1.72. The Kier molecular flexibility index (Phi) is 4.40. The Hall–Kier alpha value is -2.25. The number of hydrogen-bond donors (Lipinski definition) is 2. The van der Waals surface area contributed by atoms with Gasteiger partial charge in [-0.15, -0.1) is 22.7 Å². The molecule has 0 bridgehead atoms. The van der Waals surface area contributed by atoms with Crippen LogP contribution in [-0.4, -0.2) is 15.9 Å². The van der Waals surface area contributed by atoms with Gasteiger partial charge in [-0.3, -0.25) is 9.59 Å². The lowest BCUT2D eigenvalue weighted by Crippen LogP contribution is -2.28. The highest BCUT2D eigenvalue weighted by Gasteiger charge is 2.13. The van der Waals surface area contributed by atoms with Crippen LogP contribution < -0.4 is 10.9 Å². The van der Waals surface area contributed by atoms with Crippen LogP contribution in [0.4, 0.5) is 0 Å². The molecule has 3 rings (SSSR count). The van der Waals surface area contributed by atoms with Crippen molar-refractivity contribution in [2.75, 3.05) is 0 Å². The zero-order valence-corrected chi connectivity index (χ0v) is 14.3. The average molecular weight is 345 g/mol. The molecule has 0 saturated carbocycles. The second-order valence-corrected chi connectivity index (χ2v) is 6.95. The maximum absolute atomic E-state index is 12.2. The summed E-state index contributed by atoms with van der Waals surface area (Å²) < 4.78 is 0. The third-order valence-electron chi connectivity index (χ3n) is 3.39. The molecule has 0 aliphatic carbocycles. The van der Waals surface area contributed by atoms with Crippen LogP contribution in [0, 0.1) is 13.8 Å². The van der Waals surface area contributed by atoms with Crippen LogP contribution in [0.3, 0.4) is 0 Å². The highest BCUT2D eigenvalue weighted by molar-refractivity contribution is 7.20. The zero-order chi connectivity index (χ0) is 16.4. The largest absolute Gasteiger partial charge is 0.346 e. The van der Waals surface area contributed by atoms with Gasteiger partial charge in [-0.2, -0.15) is 0 Å². The summed E-state index contributed by atoms with van der Waals surface area (Å²) in [5.41, 5.74) is 2.45. The predicted octanol–water partition coefficient (Wildman–Crippen LogP) is 3.11. The van der Waals surface area contributed by atoms with Crippen LogP contribution in [0.25, 0.3) is 9.88 Å². The Morgan fingerprint density at radius 1 is 1.35 bits per heavy atom. The average Bonchev–Trinajstić information content (AvgIpc) is 3.17. The van der Waals surface area contributed by atoms with Crippen molar-refractivity contribution in [1.82, 2.24) is 15.3 Å². The fourth-order valence-electron chi connectivity index (χ4n) is 2.25. The maximum Gasteiger partial charge on any atom is 0.271 e. The normalized spacial score (nSPS) is 10.7. The lowest BCUT2D eigenvalue weighted by molar-refractivity contribution is 0.0946. The molecule has 118 valence electrons. The van der Waals surface area contributed by atoms with Gasteiger partial charge in [0.1, 0.15) is 10.7 Å². The Morgan fingerprint density at radius 2 is 2.17 bits per heavy atom. The van der Waals surface area contributed by atoms with Crippen molar-refractivity contribution in [3.63, 3.8) is 0 Å². The third kappa shape index (κ3) is 3.40. The van der Waals surface area contributed by atoms with Crippen molar-refractivity contribution in [2.45, 2.75) is 20.4 Å². The van der Waals surface area contributed by atoms with Crippen LogP contribution in [0.15, 0.2) is 33.8 Å². The summed E-state index contributed by atoms with van der Waals surface area (Å²) in [7, 11) is 0. The van der Waals surface area contributed by atoms with Crippen molar-refractivity contribution in [3.05, 3.63) is 61.8 Å². The fourth-order valence-corrected chi connectivity index (χ4v) is 3.87. The SMILES string of the molecule is Cc1cc(C)c(CNC(=O)c2csc(-c3cccs3)n2)c(=O)[nH]1. The number of thiazole rings is 1. The molecule has 0 fully saturated rings. The van der Waals surface area contributed by atoms with E-state index < -0.39 is 0 Å². The molecule has 0 saturated heterocycles. The number of carbonyl (C=O) groups excluding carboxylic acids is 1. The summed E-state index contributed by atoms with van der Waals surface area (Å²) >= 11 is 3.02. The predicted molar refractivity (Wildman–Crippen MR) is 93.1 cm³/mol. The Morgan fingerprint density at radius 3 is 2.87 bits per heavy atom. The summed E-state index contributed by atoms with van der Waals surface area (Å²) in [6.45, 7) is 3.88. The van der Waals surface area contributed by atoms with E-state index in [4.69, 9.17) is 0 Å². The zero-order valence-electron chi connectivity index (χ0n) is 12.7. The molecule has 7 heteroatoms. The van der Waals surface area contributed by atoms with E-state index in [0.717, 1.165) is 21.1 Å². The molecule has 1 amide bonds.